The highest BCUT2D eigenvalue weighted by atomic mass is 79.9. The normalized spacial score (nSPS) is 20.1. The van der Waals surface area contributed by atoms with Crippen LogP contribution in [0.5, 0.6) is 0 Å². The van der Waals surface area contributed by atoms with E-state index in [1.807, 2.05) is 11.8 Å². The van der Waals surface area contributed by atoms with Crippen LogP contribution in [-0.2, 0) is 4.79 Å². The molecule has 1 fully saturated rings. The summed E-state index contributed by atoms with van der Waals surface area (Å²) in [5.74, 6) is 0.355. The highest BCUT2D eigenvalue weighted by molar-refractivity contribution is 9.10. The average molecular weight is 285 g/mol. The van der Waals surface area contributed by atoms with Crippen LogP contribution >= 0.6 is 15.9 Å². The molecule has 16 heavy (non-hydrogen) atoms. The van der Waals surface area contributed by atoms with Gasteiger partial charge in [-0.2, -0.15) is 0 Å². The van der Waals surface area contributed by atoms with Crippen LogP contribution in [-0.4, -0.2) is 29.0 Å². The maximum atomic E-state index is 11.0. The molecule has 0 aliphatic carbocycles. The van der Waals surface area contributed by atoms with E-state index in [-0.39, 0.29) is 11.8 Å². The zero-order valence-electron chi connectivity index (χ0n) is 8.98. The number of carbonyl (C=O) groups excluding carboxylic acids is 1. The Morgan fingerprint density at radius 3 is 3.00 bits per heavy atom. The minimum atomic E-state index is -0.240. The quantitative estimate of drug-likeness (QED) is 0.874. The van der Waals surface area contributed by atoms with Gasteiger partial charge in [0.15, 0.2) is 0 Å². The lowest BCUT2D eigenvalue weighted by atomic mass is 10.1. The molecule has 1 aromatic rings. The molecule has 0 unspecified atom stereocenters. The Morgan fingerprint density at radius 2 is 2.44 bits per heavy atom. The second-order valence-electron chi connectivity index (χ2n) is 3.94. The summed E-state index contributed by atoms with van der Waals surface area (Å²) in [7, 11) is 0. The van der Waals surface area contributed by atoms with Crippen molar-refractivity contribution in [2.75, 3.05) is 18.0 Å². The number of amides is 1. The molecule has 5 nitrogen and oxygen atoms in total. The fourth-order valence-corrected chi connectivity index (χ4v) is 1.96. The monoisotopic (exact) mass is 284 g/mol. The van der Waals surface area contributed by atoms with Crippen LogP contribution in [0.1, 0.15) is 12.1 Å². The number of halogens is 1. The Kier molecular flexibility index (Phi) is 3.09. The molecule has 6 heteroatoms. The van der Waals surface area contributed by atoms with Crippen molar-refractivity contribution in [3.8, 4) is 0 Å². The van der Waals surface area contributed by atoms with Crippen LogP contribution in [0.3, 0.4) is 0 Å². The fourth-order valence-electron chi connectivity index (χ4n) is 1.77. The molecule has 2 heterocycles. The highest BCUT2D eigenvalue weighted by Crippen LogP contribution is 2.22. The molecule has 0 spiro atoms. The molecular weight excluding hydrogens is 272 g/mol. The number of rotatable bonds is 2. The lowest BCUT2D eigenvalue weighted by Crippen LogP contribution is -2.28. The third-order valence-corrected chi connectivity index (χ3v) is 3.56. The topological polar surface area (TPSA) is 72.1 Å². The second kappa shape index (κ2) is 4.37. The Balaban J connectivity index is 2.14. The van der Waals surface area contributed by atoms with Crippen molar-refractivity contribution in [1.29, 1.82) is 0 Å². The van der Waals surface area contributed by atoms with Crippen LogP contribution in [0.15, 0.2) is 10.7 Å². The number of aromatic nitrogens is 2. The van der Waals surface area contributed by atoms with Gasteiger partial charge in [0, 0.05) is 19.3 Å². The summed E-state index contributed by atoms with van der Waals surface area (Å²) in [5.41, 5.74) is 6.17. The molecule has 1 saturated heterocycles. The lowest BCUT2D eigenvalue weighted by Gasteiger charge is -2.16. The van der Waals surface area contributed by atoms with Gasteiger partial charge in [-0.05, 0) is 29.3 Å². The van der Waals surface area contributed by atoms with Crippen LogP contribution in [0.4, 0.5) is 5.95 Å². The van der Waals surface area contributed by atoms with Crippen LogP contribution in [0.25, 0.3) is 0 Å². The summed E-state index contributed by atoms with van der Waals surface area (Å²) in [6, 6.07) is 0. The summed E-state index contributed by atoms with van der Waals surface area (Å²) < 4.78 is 0.891. The smallest absolute Gasteiger partial charge is 0.225 e. The van der Waals surface area contributed by atoms with Crippen molar-refractivity contribution in [3.05, 3.63) is 16.4 Å². The van der Waals surface area contributed by atoms with E-state index in [0.29, 0.717) is 12.5 Å². The van der Waals surface area contributed by atoms with Gasteiger partial charge < -0.3 is 10.6 Å². The van der Waals surface area contributed by atoms with Crippen molar-refractivity contribution < 1.29 is 4.79 Å². The highest BCUT2D eigenvalue weighted by Gasteiger charge is 2.28. The molecule has 1 aliphatic rings. The van der Waals surface area contributed by atoms with Gasteiger partial charge in [-0.15, -0.1) is 0 Å². The average Bonchev–Trinajstić information content (AvgIpc) is 2.71. The Labute approximate surface area is 102 Å². The van der Waals surface area contributed by atoms with Gasteiger partial charge in [0.05, 0.1) is 16.1 Å². The minimum absolute atomic E-state index is 0.0763. The molecule has 0 bridgehead atoms. The number of nitrogens with zero attached hydrogens (tertiary/aromatic N) is 3. The maximum absolute atomic E-state index is 11.0. The number of carbonyl (C=O) groups is 1. The first kappa shape index (κ1) is 11.3. The fraction of sp³-hybridized carbons (Fsp3) is 0.500. The number of anilines is 1. The first-order valence-electron chi connectivity index (χ1n) is 5.11. The summed E-state index contributed by atoms with van der Waals surface area (Å²) in [4.78, 5) is 21.6. The van der Waals surface area contributed by atoms with E-state index >= 15 is 0 Å². The summed E-state index contributed by atoms with van der Waals surface area (Å²) in [6.07, 6.45) is 2.52. The van der Waals surface area contributed by atoms with Crippen molar-refractivity contribution in [3.63, 3.8) is 0 Å². The number of nitrogens with two attached hydrogens (primary N) is 1. The van der Waals surface area contributed by atoms with Gasteiger partial charge in [-0.25, -0.2) is 9.97 Å². The summed E-state index contributed by atoms with van der Waals surface area (Å²) in [5, 5.41) is 0. The van der Waals surface area contributed by atoms with Crippen LogP contribution in [0.2, 0.25) is 0 Å². The van der Waals surface area contributed by atoms with Gasteiger partial charge in [-0.3, -0.25) is 4.79 Å². The Morgan fingerprint density at radius 1 is 1.69 bits per heavy atom. The molecule has 0 radical (unpaired) electrons. The van der Waals surface area contributed by atoms with Gasteiger partial charge in [-0.1, -0.05) is 0 Å². The predicted molar refractivity (Wildman–Crippen MR) is 64.0 cm³/mol. The second-order valence-corrected chi connectivity index (χ2v) is 4.79. The zero-order valence-corrected chi connectivity index (χ0v) is 10.6. The van der Waals surface area contributed by atoms with Crippen molar-refractivity contribution in [2.24, 2.45) is 11.7 Å². The molecule has 1 atom stereocenters. The number of aryl methyl sites for hydroxylation is 1. The molecule has 2 rings (SSSR count). The van der Waals surface area contributed by atoms with Gasteiger partial charge >= 0.3 is 0 Å². The Bertz CT molecular complexity index is 423. The van der Waals surface area contributed by atoms with Gasteiger partial charge in [0.25, 0.3) is 0 Å². The van der Waals surface area contributed by atoms with E-state index in [1.54, 1.807) is 6.20 Å². The van der Waals surface area contributed by atoms with Gasteiger partial charge in [0.1, 0.15) is 0 Å². The van der Waals surface area contributed by atoms with Crippen molar-refractivity contribution >= 4 is 27.8 Å². The predicted octanol–water partition coefficient (Wildman–Crippen LogP) is 0.859. The molecule has 1 aromatic heterocycles. The van der Waals surface area contributed by atoms with Crippen LogP contribution in [0, 0.1) is 12.8 Å². The first-order chi connectivity index (χ1) is 7.58. The molecular formula is C10H13BrN4O. The molecule has 0 saturated carbocycles. The molecule has 2 N–H and O–H groups in total. The van der Waals surface area contributed by atoms with E-state index in [2.05, 4.69) is 25.9 Å². The third-order valence-electron chi connectivity index (χ3n) is 2.78. The number of primary amides is 1. The van der Waals surface area contributed by atoms with Crippen molar-refractivity contribution in [2.45, 2.75) is 13.3 Å². The molecule has 1 amide bonds. The van der Waals surface area contributed by atoms with Crippen LogP contribution < -0.4 is 10.6 Å². The number of hydrogen-bond donors (Lipinski definition) is 1. The van der Waals surface area contributed by atoms with E-state index in [4.69, 9.17) is 5.73 Å². The standard InChI is InChI=1S/C10H13BrN4O/c1-6-8(11)4-13-10(14-6)15-3-2-7(5-15)9(12)16/h4,7H,2-3,5H2,1H3,(H2,12,16)/t7-/m0/s1. The van der Waals surface area contributed by atoms with E-state index in [0.717, 1.165) is 23.1 Å². The van der Waals surface area contributed by atoms with E-state index in [1.165, 1.54) is 0 Å². The zero-order chi connectivity index (χ0) is 11.7. The minimum Gasteiger partial charge on any atom is -0.369 e. The SMILES string of the molecule is Cc1nc(N2CC[C@H](C(N)=O)C2)ncc1Br. The first-order valence-corrected chi connectivity index (χ1v) is 5.90. The summed E-state index contributed by atoms with van der Waals surface area (Å²) >= 11 is 3.36. The van der Waals surface area contributed by atoms with Gasteiger partial charge in [0.2, 0.25) is 11.9 Å². The molecule has 1 aliphatic heterocycles. The Hall–Kier alpha value is -1.17. The lowest BCUT2D eigenvalue weighted by molar-refractivity contribution is -0.121. The largest absolute Gasteiger partial charge is 0.369 e. The van der Waals surface area contributed by atoms with E-state index in [9.17, 15) is 4.79 Å². The maximum Gasteiger partial charge on any atom is 0.225 e. The third kappa shape index (κ3) is 2.16. The molecule has 86 valence electrons. The summed E-state index contributed by atoms with van der Waals surface area (Å²) in [6.45, 7) is 3.32. The van der Waals surface area contributed by atoms with Crippen molar-refractivity contribution in [1.82, 2.24) is 9.97 Å². The van der Waals surface area contributed by atoms with E-state index < -0.39 is 0 Å². The molecule has 0 aromatic carbocycles. The number of hydrogen-bond acceptors (Lipinski definition) is 4.